The fourth-order valence-electron chi connectivity index (χ4n) is 2.75. The van der Waals surface area contributed by atoms with Crippen LogP contribution in [0.4, 0.5) is 0 Å². The summed E-state index contributed by atoms with van der Waals surface area (Å²) in [6.07, 6.45) is 4.85. The molecule has 0 radical (unpaired) electrons. The van der Waals surface area contributed by atoms with Crippen molar-refractivity contribution in [2.24, 2.45) is 5.92 Å². The van der Waals surface area contributed by atoms with Gasteiger partial charge >= 0.3 is 0 Å². The minimum Gasteiger partial charge on any atom is -0.497 e. The summed E-state index contributed by atoms with van der Waals surface area (Å²) in [4.78, 5) is 22.8. The minimum atomic E-state index is -4.11. The van der Waals surface area contributed by atoms with E-state index in [1.165, 1.54) is 19.2 Å². The van der Waals surface area contributed by atoms with E-state index in [1.807, 2.05) is 20.8 Å². The van der Waals surface area contributed by atoms with Crippen molar-refractivity contribution in [1.29, 1.82) is 0 Å². The summed E-state index contributed by atoms with van der Waals surface area (Å²) >= 11 is 0. The zero-order valence-electron chi connectivity index (χ0n) is 18.5. The number of rotatable bonds is 12. The molecule has 0 fully saturated rings. The smallest absolute Gasteiger partial charge is 0.262 e. The molecular formula is C22H31N3O5S. The van der Waals surface area contributed by atoms with E-state index in [9.17, 15) is 13.2 Å². The second-order valence-corrected chi connectivity index (χ2v) is 9.32. The van der Waals surface area contributed by atoms with Crippen LogP contribution in [0.5, 0.6) is 5.75 Å². The fraction of sp³-hybridized carbons (Fsp3) is 0.455. The van der Waals surface area contributed by atoms with Crippen molar-refractivity contribution in [3.05, 3.63) is 54.4 Å². The molecule has 0 saturated carbocycles. The number of nitrogens with zero attached hydrogens (tertiary/aromatic N) is 3. The molecule has 1 aromatic heterocycles. The van der Waals surface area contributed by atoms with Gasteiger partial charge in [-0.1, -0.05) is 37.7 Å². The van der Waals surface area contributed by atoms with Gasteiger partial charge in [0.05, 0.1) is 25.2 Å². The van der Waals surface area contributed by atoms with E-state index in [0.717, 1.165) is 16.0 Å². The third-order valence-electron chi connectivity index (χ3n) is 4.39. The van der Waals surface area contributed by atoms with E-state index in [2.05, 4.69) is 4.98 Å². The summed E-state index contributed by atoms with van der Waals surface area (Å²) in [5.74, 6) is 0.144. The Kier molecular flexibility index (Phi) is 9.42. The lowest BCUT2D eigenvalue weighted by molar-refractivity contribution is -0.245. The third kappa shape index (κ3) is 7.02. The molecular weight excluding hydrogens is 418 g/mol. The number of hydrogen-bond donors (Lipinski definition) is 0. The first kappa shape index (κ1) is 24.8. The van der Waals surface area contributed by atoms with Crippen LogP contribution >= 0.6 is 0 Å². The minimum absolute atomic E-state index is 0.0265. The highest BCUT2D eigenvalue weighted by Gasteiger charge is 2.35. The van der Waals surface area contributed by atoms with Gasteiger partial charge < -0.3 is 4.74 Å². The maximum absolute atomic E-state index is 13.6. The largest absolute Gasteiger partial charge is 0.497 e. The lowest BCUT2D eigenvalue weighted by Gasteiger charge is -2.33. The molecule has 2 aromatic rings. The number of hydrazine groups is 1. The standard InChI is InChI=1S/C22H31N3O5S/c1-5-6-14-30-25(22(26)15-18(2)3)24(17-19-8-7-13-23-16-19)31(27,28)21-11-9-20(29-4)10-12-21/h7-13,16,18H,5-6,14-15,17H2,1-4H3. The lowest BCUT2D eigenvalue weighted by Crippen LogP contribution is -2.49. The molecule has 2 rings (SSSR count). The molecule has 1 aromatic carbocycles. The molecule has 9 heteroatoms. The number of hydroxylamine groups is 1. The number of benzene rings is 1. The quantitative estimate of drug-likeness (QED) is 0.362. The Bertz CT molecular complexity index is 918. The monoisotopic (exact) mass is 449 g/mol. The number of hydrogen-bond acceptors (Lipinski definition) is 6. The number of methoxy groups -OCH3 is 1. The molecule has 0 aliphatic rings. The second-order valence-electron chi connectivity index (χ2n) is 7.47. The Morgan fingerprint density at radius 1 is 1.16 bits per heavy atom. The van der Waals surface area contributed by atoms with Crippen molar-refractivity contribution in [3.63, 3.8) is 0 Å². The summed E-state index contributed by atoms with van der Waals surface area (Å²) < 4.78 is 33.3. The molecule has 0 N–H and O–H groups in total. The number of sulfonamides is 1. The Balaban J connectivity index is 2.49. The fourth-order valence-corrected chi connectivity index (χ4v) is 4.12. The van der Waals surface area contributed by atoms with Gasteiger partial charge in [-0.05, 0) is 48.2 Å². The number of carbonyl (C=O) groups is 1. The van der Waals surface area contributed by atoms with Crippen LogP contribution in [0.2, 0.25) is 0 Å². The first-order valence-corrected chi connectivity index (χ1v) is 11.7. The summed E-state index contributed by atoms with van der Waals surface area (Å²) in [6, 6.07) is 9.48. The van der Waals surface area contributed by atoms with Gasteiger partial charge in [-0.2, -0.15) is 0 Å². The van der Waals surface area contributed by atoms with E-state index in [-0.39, 0.29) is 30.4 Å². The van der Waals surface area contributed by atoms with Crippen LogP contribution in [0.15, 0.2) is 53.7 Å². The van der Waals surface area contributed by atoms with Crippen LogP contribution in [0, 0.1) is 5.92 Å². The SMILES string of the molecule is CCCCON(C(=O)CC(C)C)N(Cc1cccnc1)S(=O)(=O)c1ccc(OC)cc1. The number of carbonyl (C=O) groups excluding carboxylic acids is 1. The highest BCUT2D eigenvalue weighted by Crippen LogP contribution is 2.24. The number of pyridine rings is 1. The maximum Gasteiger partial charge on any atom is 0.262 e. The van der Waals surface area contributed by atoms with Gasteiger partial charge in [0.15, 0.2) is 0 Å². The first-order chi connectivity index (χ1) is 14.8. The van der Waals surface area contributed by atoms with Crippen LogP contribution in [-0.4, -0.2) is 42.6 Å². The zero-order valence-corrected chi connectivity index (χ0v) is 19.3. The molecule has 0 saturated heterocycles. The predicted molar refractivity (Wildman–Crippen MR) is 117 cm³/mol. The van der Waals surface area contributed by atoms with E-state index in [1.54, 1.807) is 36.7 Å². The molecule has 0 atom stereocenters. The normalized spacial score (nSPS) is 11.7. The maximum atomic E-state index is 13.6. The molecule has 0 aliphatic carbocycles. The van der Waals surface area contributed by atoms with E-state index in [0.29, 0.717) is 17.7 Å². The van der Waals surface area contributed by atoms with Crippen molar-refractivity contribution in [2.45, 2.75) is 51.5 Å². The number of ether oxygens (including phenoxy) is 1. The van der Waals surface area contributed by atoms with Gasteiger partial charge in [0.25, 0.3) is 15.9 Å². The van der Waals surface area contributed by atoms with Crippen LogP contribution < -0.4 is 4.74 Å². The summed E-state index contributed by atoms with van der Waals surface area (Å²) in [5.41, 5.74) is 0.626. The third-order valence-corrected chi connectivity index (χ3v) is 6.09. The Hall–Kier alpha value is -2.49. The summed E-state index contributed by atoms with van der Waals surface area (Å²) in [6.45, 7) is 5.91. The summed E-state index contributed by atoms with van der Waals surface area (Å²) in [5, 5.41) is 0.905. The number of aromatic nitrogens is 1. The van der Waals surface area contributed by atoms with Crippen molar-refractivity contribution in [1.82, 2.24) is 14.6 Å². The first-order valence-electron chi connectivity index (χ1n) is 10.3. The molecule has 31 heavy (non-hydrogen) atoms. The van der Waals surface area contributed by atoms with Gasteiger partial charge in [-0.3, -0.25) is 14.6 Å². The summed E-state index contributed by atoms with van der Waals surface area (Å²) in [7, 11) is -2.61. The van der Waals surface area contributed by atoms with Crippen LogP contribution in [0.1, 0.15) is 45.6 Å². The number of unbranched alkanes of at least 4 members (excludes halogenated alkanes) is 1. The molecule has 8 nitrogen and oxygen atoms in total. The highest BCUT2D eigenvalue weighted by molar-refractivity contribution is 7.89. The second kappa shape index (κ2) is 11.8. The van der Waals surface area contributed by atoms with E-state index in [4.69, 9.17) is 9.57 Å². The van der Waals surface area contributed by atoms with Crippen LogP contribution in [0.25, 0.3) is 0 Å². The predicted octanol–water partition coefficient (Wildman–Crippen LogP) is 3.80. The van der Waals surface area contributed by atoms with Crippen molar-refractivity contribution < 1.29 is 22.8 Å². The molecule has 0 unspecified atom stereocenters. The number of amides is 1. The molecule has 0 spiro atoms. The molecule has 170 valence electrons. The van der Waals surface area contributed by atoms with Crippen molar-refractivity contribution >= 4 is 15.9 Å². The zero-order chi connectivity index (χ0) is 22.9. The Morgan fingerprint density at radius 3 is 2.42 bits per heavy atom. The average Bonchev–Trinajstić information content (AvgIpc) is 2.75. The van der Waals surface area contributed by atoms with Gasteiger partial charge in [0.2, 0.25) is 0 Å². The molecule has 0 aliphatic heterocycles. The Morgan fingerprint density at radius 2 is 1.87 bits per heavy atom. The molecule has 1 amide bonds. The van der Waals surface area contributed by atoms with Crippen LogP contribution in [0.3, 0.4) is 0 Å². The lowest BCUT2D eigenvalue weighted by atomic mass is 10.1. The van der Waals surface area contributed by atoms with Gasteiger partial charge in [-0.15, -0.1) is 5.17 Å². The Labute approximate surface area is 184 Å². The highest BCUT2D eigenvalue weighted by atomic mass is 32.2. The molecule has 1 heterocycles. The van der Waals surface area contributed by atoms with Gasteiger partial charge in [0.1, 0.15) is 5.75 Å². The van der Waals surface area contributed by atoms with Gasteiger partial charge in [-0.25, -0.2) is 8.42 Å². The molecule has 0 bridgehead atoms. The van der Waals surface area contributed by atoms with Crippen molar-refractivity contribution in [2.75, 3.05) is 13.7 Å². The van der Waals surface area contributed by atoms with E-state index < -0.39 is 15.9 Å². The topological polar surface area (TPSA) is 89.0 Å². The van der Waals surface area contributed by atoms with E-state index >= 15 is 0 Å². The van der Waals surface area contributed by atoms with Gasteiger partial charge in [0, 0.05) is 18.8 Å². The van der Waals surface area contributed by atoms with Crippen LogP contribution in [-0.2, 0) is 26.2 Å². The average molecular weight is 450 g/mol. The van der Waals surface area contributed by atoms with Crippen molar-refractivity contribution in [3.8, 4) is 5.75 Å².